The summed E-state index contributed by atoms with van der Waals surface area (Å²) >= 11 is 0. The van der Waals surface area contributed by atoms with E-state index in [2.05, 4.69) is 15.5 Å². The van der Waals surface area contributed by atoms with Gasteiger partial charge in [-0.15, -0.1) is 0 Å². The lowest BCUT2D eigenvalue weighted by molar-refractivity contribution is -0.142. The van der Waals surface area contributed by atoms with Gasteiger partial charge >= 0.3 is 6.03 Å². The van der Waals surface area contributed by atoms with E-state index in [1.165, 1.54) is 18.9 Å². The van der Waals surface area contributed by atoms with Crippen LogP contribution < -0.4 is 20.3 Å². The van der Waals surface area contributed by atoms with E-state index in [0.29, 0.717) is 42.7 Å². The number of furan rings is 1. The Hall–Kier alpha value is -4.73. The van der Waals surface area contributed by atoms with Crippen molar-refractivity contribution in [1.82, 2.24) is 9.80 Å². The number of rotatable bonds is 9. The molecule has 3 aromatic rings. The minimum atomic E-state index is -0.447. The second kappa shape index (κ2) is 13.9. The Morgan fingerprint density at radius 2 is 1.60 bits per heavy atom. The number of hydrogen-bond acceptors (Lipinski definition) is 6. The van der Waals surface area contributed by atoms with Crippen LogP contribution in [0, 0.1) is 0 Å². The van der Waals surface area contributed by atoms with Crippen LogP contribution in [0.15, 0.2) is 77.4 Å². The van der Waals surface area contributed by atoms with E-state index in [1.807, 2.05) is 60.5 Å². The number of carbonyl (C=O) groups is 3. The van der Waals surface area contributed by atoms with E-state index in [9.17, 15) is 14.4 Å². The number of carbonyl (C=O) groups excluding carboxylic acids is 3. The molecule has 10 nitrogen and oxygen atoms in total. The molecule has 1 aromatic heterocycles. The number of ether oxygens (including phenoxy) is 1. The quantitative estimate of drug-likeness (QED) is 0.288. The summed E-state index contributed by atoms with van der Waals surface area (Å²) in [7, 11) is 1.85. The molecule has 45 heavy (non-hydrogen) atoms. The molecule has 1 saturated carbocycles. The van der Waals surface area contributed by atoms with Crippen LogP contribution in [-0.4, -0.2) is 72.5 Å². The van der Waals surface area contributed by atoms with Crippen molar-refractivity contribution in [2.45, 2.75) is 63.1 Å². The molecule has 2 atom stereocenters. The minimum Gasteiger partial charge on any atom is -0.490 e. The lowest BCUT2D eigenvalue weighted by Gasteiger charge is -2.31. The van der Waals surface area contributed by atoms with Gasteiger partial charge in [-0.05, 0) is 112 Å². The normalized spacial score (nSPS) is 20.1. The molecule has 2 aromatic carbocycles. The zero-order valence-electron chi connectivity index (χ0n) is 25.7. The van der Waals surface area contributed by atoms with E-state index in [0.717, 1.165) is 43.7 Å². The van der Waals surface area contributed by atoms with Crippen molar-refractivity contribution in [2.75, 3.05) is 42.2 Å². The van der Waals surface area contributed by atoms with Crippen LogP contribution in [0.3, 0.4) is 0 Å². The highest BCUT2D eigenvalue weighted by atomic mass is 16.5. The Morgan fingerprint density at radius 1 is 0.889 bits per heavy atom. The molecule has 2 saturated heterocycles. The van der Waals surface area contributed by atoms with Crippen molar-refractivity contribution in [3.63, 3.8) is 0 Å². The van der Waals surface area contributed by atoms with Crippen LogP contribution in [0.1, 0.15) is 50.7 Å². The molecule has 6 rings (SSSR count). The topological polar surface area (TPSA) is 107 Å². The molecule has 0 bridgehead atoms. The highest BCUT2D eigenvalue weighted by molar-refractivity contribution is 6.00. The van der Waals surface area contributed by atoms with Gasteiger partial charge in [-0.3, -0.25) is 9.59 Å². The molecule has 10 heteroatoms. The lowest BCUT2D eigenvalue weighted by atomic mass is 10.1. The summed E-state index contributed by atoms with van der Waals surface area (Å²) in [6.45, 7) is 2.09. The molecule has 3 aliphatic rings. The standard InChI is InChI=1S/C35H41N5O5/c1-38(34(42)32-9-4-21-40(32)33(41)19-18-29-8-5-23-44-29)28-20-22-39(24-28)27-14-10-25(11-15-27)36-35(43)37-26-12-16-31(17-13-26)45-30-6-2-3-7-30/h5,8,10-19,23,28,30,32H,2-4,6-7,9,20-22,24H2,1H3,(H2,36,37,43)/t28?,32-/m0/s1. The summed E-state index contributed by atoms with van der Waals surface area (Å²) in [5, 5.41) is 5.76. The fraction of sp³-hybridized carbons (Fsp3) is 0.400. The summed E-state index contributed by atoms with van der Waals surface area (Å²) in [6, 6.07) is 18.0. The summed E-state index contributed by atoms with van der Waals surface area (Å²) in [6.07, 6.45) is 11.9. The second-order valence-corrected chi connectivity index (χ2v) is 12.1. The first-order chi connectivity index (χ1) is 21.9. The smallest absolute Gasteiger partial charge is 0.323 e. The maximum Gasteiger partial charge on any atom is 0.323 e. The fourth-order valence-corrected chi connectivity index (χ4v) is 6.49. The van der Waals surface area contributed by atoms with Gasteiger partial charge in [-0.25, -0.2) is 4.79 Å². The molecule has 0 radical (unpaired) electrons. The molecule has 3 fully saturated rings. The van der Waals surface area contributed by atoms with E-state index in [1.54, 1.807) is 29.4 Å². The van der Waals surface area contributed by atoms with Crippen molar-refractivity contribution >= 4 is 41.0 Å². The van der Waals surface area contributed by atoms with Gasteiger partial charge in [-0.1, -0.05) is 0 Å². The first kappa shape index (κ1) is 30.3. The third kappa shape index (κ3) is 7.50. The number of benzene rings is 2. The number of nitrogens with zero attached hydrogens (tertiary/aromatic N) is 3. The Balaban J connectivity index is 0.973. The Kier molecular flexibility index (Phi) is 9.38. The van der Waals surface area contributed by atoms with E-state index in [4.69, 9.17) is 9.15 Å². The highest BCUT2D eigenvalue weighted by Gasteiger charge is 2.38. The summed E-state index contributed by atoms with van der Waals surface area (Å²) in [5.41, 5.74) is 2.41. The average Bonchev–Trinajstić information content (AvgIpc) is 3.88. The minimum absolute atomic E-state index is 0.0133. The van der Waals surface area contributed by atoms with Crippen molar-refractivity contribution in [3.05, 3.63) is 78.8 Å². The zero-order valence-corrected chi connectivity index (χ0v) is 25.7. The summed E-state index contributed by atoms with van der Waals surface area (Å²) in [5.74, 6) is 1.24. The van der Waals surface area contributed by atoms with Gasteiger partial charge in [0.25, 0.3) is 0 Å². The van der Waals surface area contributed by atoms with Gasteiger partial charge in [0, 0.05) is 49.8 Å². The third-order valence-electron chi connectivity index (χ3n) is 9.02. The van der Waals surface area contributed by atoms with Gasteiger partial charge in [0.15, 0.2) is 0 Å². The molecule has 1 aliphatic carbocycles. The fourth-order valence-electron chi connectivity index (χ4n) is 6.49. The number of likely N-dealkylation sites (N-methyl/N-ethyl adjacent to an activating group) is 1. The van der Waals surface area contributed by atoms with Crippen LogP contribution in [-0.2, 0) is 9.59 Å². The first-order valence-electron chi connectivity index (χ1n) is 15.9. The van der Waals surface area contributed by atoms with Crippen molar-refractivity contribution in [1.29, 1.82) is 0 Å². The van der Waals surface area contributed by atoms with Crippen LogP contribution in [0.2, 0.25) is 0 Å². The number of nitrogens with one attached hydrogen (secondary N) is 2. The van der Waals surface area contributed by atoms with Crippen molar-refractivity contribution in [2.24, 2.45) is 0 Å². The Morgan fingerprint density at radius 3 is 2.29 bits per heavy atom. The summed E-state index contributed by atoms with van der Waals surface area (Å²) < 4.78 is 11.3. The SMILES string of the molecule is CN(C(=O)[C@@H]1CCCN1C(=O)C=Cc1ccco1)C1CCN(c2ccc(NC(=O)Nc3ccc(OC4CCCC4)cc3)cc2)C1. The van der Waals surface area contributed by atoms with Crippen LogP contribution in [0.5, 0.6) is 5.75 Å². The van der Waals surface area contributed by atoms with Gasteiger partial charge in [0.05, 0.1) is 18.4 Å². The Bertz CT molecular complexity index is 1480. The van der Waals surface area contributed by atoms with Crippen LogP contribution >= 0.6 is 0 Å². The maximum atomic E-state index is 13.5. The maximum absolute atomic E-state index is 13.5. The Labute approximate surface area is 264 Å². The largest absolute Gasteiger partial charge is 0.490 e. The van der Waals surface area contributed by atoms with Gasteiger partial charge in [0.1, 0.15) is 17.6 Å². The van der Waals surface area contributed by atoms with Gasteiger partial charge < -0.3 is 34.5 Å². The molecule has 2 N–H and O–H groups in total. The van der Waals surface area contributed by atoms with Crippen molar-refractivity contribution in [3.8, 4) is 5.75 Å². The third-order valence-corrected chi connectivity index (χ3v) is 9.02. The van der Waals surface area contributed by atoms with Gasteiger partial charge in [-0.2, -0.15) is 0 Å². The van der Waals surface area contributed by atoms with E-state index in [-0.39, 0.29) is 23.9 Å². The number of hydrogen-bond donors (Lipinski definition) is 2. The first-order valence-corrected chi connectivity index (χ1v) is 15.9. The monoisotopic (exact) mass is 611 g/mol. The molecular weight excluding hydrogens is 570 g/mol. The van der Waals surface area contributed by atoms with Crippen molar-refractivity contribution < 1.29 is 23.5 Å². The lowest BCUT2D eigenvalue weighted by Crippen LogP contribution is -2.49. The number of amides is 4. The number of urea groups is 1. The van der Waals surface area contributed by atoms with Crippen LogP contribution in [0.25, 0.3) is 6.08 Å². The number of likely N-dealkylation sites (tertiary alicyclic amines) is 1. The van der Waals surface area contributed by atoms with Gasteiger partial charge in [0.2, 0.25) is 11.8 Å². The molecule has 4 amide bonds. The molecule has 0 spiro atoms. The molecule has 1 unspecified atom stereocenters. The second-order valence-electron chi connectivity index (χ2n) is 12.1. The highest BCUT2D eigenvalue weighted by Crippen LogP contribution is 2.28. The average molecular weight is 612 g/mol. The predicted octanol–water partition coefficient (Wildman–Crippen LogP) is 5.99. The van der Waals surface area contributed by atoms with Crippen LogP contribution in [0.4, 0.5) is 21.9 Å². The van der Waals surface area contributed by atoms with E-state index < -0.39 is 6.04 Å². The molecular formula is C35H41N5O5. The molecule has 3 heterocycles. The molecule has 2 aliphatic heterocycles. The summed E-state index contributed by atoms with van der Waals surface area (Å²) in [4.78, 5) is 44.7. The zero-order chi connectivity index (χ0) is 31.2. The van der Waals surface area contributed by atoms with E-state index >= 15 is 0 Å². The predicted molar refractivity (Wildman–Crippen MR) is 174 cm³/mol. The number of anilines is 3. The molecule has 236 valence electrons.